The molecule has 0 amide bonds. The average Bonchev–Trinajstić information content (AvgIpc) is 3.09. The Hall–Kier alpha value is -5.43. The smallest absolute Gasteiger partial charge is 0.325 e. The fourth-order valence-electron chi connectivity index (χ4n) is 6.04. The minimum atomic E-state index is -1.17. The molecule has 0 fully saturated rings. The highest BCUT2D eigenvalue weighted by Crippen LogP contribution is 2.42. The van der Waals surface area contributed by atoms with Crippen molar-refractivity contribution in [2.45, 2.75) is 26.8 Å². The van der Waals surface area contributed by atoms with E-state index in [-0.39, 0.29) is 46.1 Å². The molecule has 0 bridgehead atoms. The fourth-order valence-corrected chi connectivity index (χ4v) is 6.04. The van der Waals surface area contributed by atoms with Gasteiger partial charge in [-0.2, -0.15) is 0 Å². The number of anilines is 1. The Bertz CT molecular complexity index is 2040. The molecule has 0 saturated carbocycles. The highest BCUT2D eigenvalue weighted by atomic mass is 16.5. The van der Waals surface area contributed by atoms with Crippen molar-refractivity contribution in [2.24, 2.45) is 4.99 Å². The lowest BCUT2D eigenvalue weighted by molar-refractivity contribution is -0.140. The lowest BCUT2D eigenvalue weighted by atomic mass is 9.91. The molecule has 1 aliphatic carbocycles. The van der Waals surface area contributed by atoms with Crippen molar-refractivity contribution in [3.8, 4) is 33.9 Å². The molecule has 1 atom stereocenters. The Kier molecular flexibility index (Phi) is 12.3. The van der Waals surface area contributed by atoms with Gasteiger partial charge in [0, 0.05) is 47.8 Å². The molecule has 0 spiro atoms. The third-order valence-corrected chi connectivity index (χ3v) is 8.27. The molecule has 1 unspecified atom stereocenters. The predicted molar refractivity (Wildman–Crippen MR) is 194 cm³/mol. The number of nitrogens with zero attached hydrogens (tertiary/aromatic N) is 2. The molecule has 3 aromatic rings. The standard InChI is InChI=1S/C39H43N3O9/c1-4-40-27-8-11-29-34(22-27)51-33-19-24(2)5-9-28(33)37(29)26-7-10-30(38(39(47)48)41-13-15-43)32(21-26)49-17-18-50-35-20-25(3)6-12-31(35)42(14-16-44)23-36(45)46/h5-12,19-22,38,41,43-44H,4,13-18,23H2,1-3H3,(H,45,46)(H,47,48). The SMILES string of the molecule is CCN=c1ccc2c(-c3ccc(C(NCCO)C(=O)O)c(OCCOc4cc(C)ccc4N(CCO)CC(=O)O)c3)c3ccc(C)cc3oc-2c1. The monoisotopic (exact) mass is 697 g/mol. The molecule has 1 heterocycles. The van der Waals surface area contributed by atoms with E-state index in [1.54, 1.807) is 24.3 Å². The molecular formula is C39H43N3O9. The van der Waals surface area contributed by atoms with Gasteiger partial charge < -0.3 is 39.2 Å². The molecule has 0 radical (unpaired) electrons. The van der Waals surface area contributed by atoms with Gasteiger partial charge in [0.05, 0.1) is 24.3 Å². The first-order valence-electron chi connectivity index (χ1n) is 16.8. The number of carboxylic acid groups (broad SMARTS) is 2. The van der Waals surface area contributed by atoms with Crippen LogP contribution in [0, 0.1) is 13.8 Å². The summed E-state index contributed by atoms with van der Waals surface area (Å²) in [6, 6.07) is 21.4. The Labute approximate surface area is 295 Å². The summed E-state index contributed by atoms with van der Waals surface area (Å²) in [5.41, 5.74) is 5.97. The topological polar surface area (TPSA) is 174 Å². The molecule has 5 N–H and O–H groups in total. The van der Waals surface area contributed by atoms with Crippen molar-refractivity contribution < 1.29 is 43.9 Å². The third-order valence-electron chi connectivity index (χ3n) is 8.27. The van der Waals surface area contributed by atoms with E-state index < -0.39 is 18.0 Å². The number of hydrogen-bond acceptors (Lipinski definition) is 10. The number of carbonyl (C=O) groups is 2. The number of fused-ring (bicyclic) bond motifs is 2. The molecule has 12 nitrogen and oxygen atoms in total. The number of carboxylic acids is 2. The van der Waals surface area contributed by atoms with E-state index in [0.717, 1.165) is 38.6 Å². The average molecular weight is 698 g/mol. The number of aliphatic hydroxyl groups is 2. The van der Waals surface area contributed by atoms with Crippen molar-refractivity contribution in [3.05, 3.63) is 94.8 Å². The Morgan fingerprint density at radius 1 is 0.882 bits per heavy atom. The molecule has 1 aliphatic heterocycles. The van der Waals surface area contributed by atoms with Crippen LogP contribution >= 0.6 is 0 Å². The summed E-state index contributed by atoms with van der Waals surface area (Å²) >= 11 is 0. The van der Waals surface area contributed by atoms with Crippen molar-refractivity contribution in [1.29, 1.82) is 0 Å². The van der Waals surface area contributed by atoms with Gasteiger partial charge in [-0.05, 0) is 73.9 Å². The number of aryl methyl sites for hydroxylation is 2. The van der Waals surface area contributed by atoms with Gasteiger partial charge in [0.2, 0.25) is 0 Å². The highest BCUT2D eigenvalue weighted by Gasteiger charge is 2.25. The van der Waals surface area contributed by atoms with Crippen LogP contribution in [-0.4, -0.2) is 85.0 Å². The van der Waals surface area contributed by atoms with Crippen molar-refractivity contribution in [1.82, 2.24) is 5.32 Å². The van der Waals surface area contributed by atoms with Crippen molar-refractivity contribution in [3.63, 3.8) is 0 Å². The maximum Gasteiger partial charge on any atom is 0.325 e. The first-order valence-corrected chi connectivity index (χ1v) is 16.8. The minimum Gasteiger partial charge on any atom is -0.490 e. The van der Waals surface area contributed by atoms with Crippen LogP contribution in [0.5, 0.6) is 11.5 Å². The third kappa shape index (κ3) is 8.84. The van der Waals surface area contributed by atoms with Crippen LogP contribution in [0.25, 0.3) is 33.4 Å². The number of hydrogen-bond donors (Lipinski definition) is 5. The summed E-state index contributed by atoms with van der Waals surface area (Å²) in [5, 5.41) is 43.2. The van der Waals surface area contributed by atoms with E-state index in [4.69, 9.17) is 13.9 Å². The summed E-state index contributed by atoms with van der Waals surface area (Å²) in [7, 11) is 0. The van der Waals surface area contributed by atoms with Crippen LogP contribution in [0.1, 0.15) is 29.7 Å². The lowest BCUT2D eigenvalue weighted by Crippen LogP contribution is -2.32. The van der Waals surface area contributed by atoms with Crippen LogP contribution in [0.2, 0.25) is 0 Å². The van der Waals surface area contributed by atoms with Gasteiger partial charge in [-0.25, -0.2) is 0 Å². The van der Waals surface area contributed by atoms with Gasteiger partial charge in [0.15, 0.2) is 0 Å². The lowest BCUT2D eigenvalue weighted by Gasteiger charge is -2.25. The van der Waals surface area contributed by atoms with Crippen LogP contribution in [0.4, 0.5) is 5.69 Å². The highest BCUT2D eigenvalue weighted by molar-refractivity contribution is 6.02. The summed E-state index contributed by atoms with van der Waals surface area (Å²) in [6.45, 7) is 5.86. The zero-order valence-electron chi connectivity index (χ0n) is 28.9. The fraction of sp³-hybridized carbons (Fsp3) is 0.308. The zero-order valence-corrected chi connectivity index (χ0v) is 28.9. The molecule has 51 heavy (non-hydrogen) atoms. The second-order valence-corrected chi connectivity index (χ2v) is 12.0. The van der Waals surface area contributed by atoms with Crippen molar-refractivity contribution >= 4 is 28.6 Å². The molecule has 268 valence electrons. The summed E-state index contributed by atoms with van der Waals surface area (Å²) in [4.78, 5) is 30.0. The summed E-state index contributed by atoms with van der Waals surface area (Å²) in [5.74, 6) is -0.810. The summed E-state index contributed by atoms with van der Waals surface area (Å²) < 4.78 is 18.8. The zero-order chi connectivity index (χ0) is 36.5. The van der Waals surface area contributed by atoms with Gasteiger partial charge in [0.1, 0.15) is 48.6 Å². The first kappa shape index (κ1) is 36.8. The summed E-state index contributed by atoms with van der Waals surface area (Å²) in [6.07, 6.45) is 0. The molecule has 5 rings (SSSR count). The maximum atomic E-state index is 12.4. The number of nitrogens with one attached hydrogen (secondary N) is 1. The number of rotatable bonds is 17. The van der Waals surface area contributed by atoms with Crippen LogP contribution in [-0.2, 0) is 9.59 Å². The second-order valence-electron chi connectivity index (χ2n) is 12.0. The second kappa shape index (κ2) is 17.0. The molecule has 12 heteroatoms. The van der Waals surface area contributed by atoms with Crippen molar-refractivity contribution in [2.75, 3.05) is 57.5 Å². The maximum absolute atomic E-state index is 12.4. The van der Waals surface area contributed by atoms with Crippen LogP contribution in [0.3, 0.4) is 0 Å². The van der Waals surface area contributed by atoms with E-state index in [1.165, 1.54) is 4.90 Å². The Morgan fingerprint density at radius 2 is 1.63 bits per heavy atom. The van der Waals surface area contributed by atoms with E-state index >= 15 is 0 Å². The number of aliphatic carboxylic acids is 2. The quantitative estimate of drug-likeness (QED) is 0.0668. The van der Waals surface area contributed by atoms with Crippen LogP contribution < -0.4 is 25.0 Å². The number of ether oxygens (including phenoxy) is 2. The molecular weight excluding hydrogens is 654 g/mol. The number of aliphatic hydroxyl groups excluding tert-OH is 2. The Balaban J connectivity index is 1.54. The Morgan fingerprint density at radius 3 is 2.33 bits per heavy atom. The van der Waals surface area contributed by atoms with Gasteiger partial charge in [-0.15, -0.1) is 0 Å². The van der Waals surface area contributed by atoms with E-state index in [0.29, 0.717) is 40.6 Å². The molecule has 0 saturated heterocycles. The molecule has 3 aromatic carbocycles. The van der Waals surface area contributed by atoms with E-state index in [2.05, 4.69) is 10.3 Å². The van der Waals surface area contributed by atoms with E-state index in [9.17, 15) is 30.0 Å². The van der Waals surface area contributed by atoms with Gasteiger partial charge in [-0.1, -0.05) is 30.3 Å². The minimum absolute atomic E-state index is 0.0157. The van der Waals surface area contributed by atoms with Gasteiger partial charge in [-0.3, -0.25) is 19.9 Å². The largest absolute Gasteiger partial charge is 0.490 e. The van der Waals surface area contributed by atoms with E-state index in [1.807, 2.05) is 69.3 Å². The van der Waals surface area contributed by atoms with Crippen LogP contribution in [0.15, 0.2) is 82.2 Å². The first-order chi connectivity index (χ1) is 24.6. The normalized spacial score (nSPS) is 12.3. The molecule has 0 aromatic heterocycles. The number of benzene rings is 4. The van der Waals surface area contributed by atoms with Gasteiger partial charge in [0.25, 0.3) is 0 Å². The molecule has 2 aliphatic rings. The predicted octanol–water partition coefficient (Wildman–Crippen LogP) is 4.79. The van der Waals surface area contributed by atoms with Gasteiger partial charge >= 0.3 is 11.9 Å².